The van der Waals surface area contributed by atoms with Gasteiger partial charge in [-0.25, -0.2) is 0 Å². The second-order valence-corrected chi connectivity index (χ2v) is 10.7. The Labute approximate surface area is 230 Å². The van der Waals surface area contributed by atoms with E-state index in [-0.39, 0.29) is 16.7 Å². The summed E-state index contributed by atoms with van der Waals surface area (Å²) in [6.07, 6.45) is 0. The number of carbonyl (C=O) groups excluding carboxylic acids is 2. The van der Waals surface area contributed by atoms with Crippen LogP contribution in [0, 0.1) is 0 Å². The fourth-order valence-corrected chi connectivity index (χ4v) is 4.74. The molecule has 0 aromatic heterocycles. The first-order chi connectivity index (χ1) is 18.5. The van der Waals surface area contributed by atoms with Crippen molar-refractivity contribution in [2.45, 2.75) is 39.2 Å². The Bertz CT molecular complexity index is 1400. The Morgan fingerprint density at radius 2 is 1.62 bits per heavy atom. The zero-order valence-electron chi connectivity index (χ0n) is 23.6. The third-order valence-corrected chi connectivity index (χ3v) is 6.92. The quantitative estimate of drug-likeness (QED) is 0.227. The Morgan fingerprint density at radius 1 is 0.974 bits per heavy atom. The lowest BCUT2D eigenvalue weighted by Gasteiger charge is -2.26. The molecule has 1 aliphatic heterocycles. The summed E-state index contributed by atoms with van der Waals surface area (Å²) in [4.78, 5) is 30.6. The maximum absolute atomic E-state index is 13.6. The molecule has 3 aromatic rings. The minimum atomic E-state index is -0.853. The van der Waals surface area contributed by atoms with Crippen LogP contribution < -0.4 is 19.3 Å². The first kappa shape index (κ1) is 27.8. The number of amides is 1. The maximum Gasteiger partial charge on any atom is 0.300 e. The number of hydrogen-bond acceptors (Lipinski definition) is 6. The van der Waals surface area contributed by atoms with Crippen LogP contribution in [0.15, 0.2) is 72.3 Å². The third-order valence-electron chi connectivity index (χ3n) is 6.92. The molecule has 0 spiro atoms. The zero-order chi connectivity index (χ0) is 28.5. The highest BCUT2D eigenvalue weighted by molar-refractivity contribution is 6.51. The summed E-state index contributed by atoms with van der Waals surface area (Å²) in [5.41, 5.74) is 3.29. The van der Waals surface area contributed by atoms with Gasteiger partial charge in [0.1, 0.15) is 17.3 Å². The van der Waals surface area contributed by atoms with E-state index in [2.05, 4.69) is 20.8 Å². The van der Waals surface area contributed by atoms with Crippen molar-refractivity contribution in [1.29, 1.82) is 0 Å². The maximum atomic E-state index is 13.6. The summed E-state index contributed by atoms with van der Waals surface area (Å²) in [6.45, 7) is 8.61. The first-order valence-corrected chi connectivity index (χ1v) is 13.0. The number of rotatable bonds is 7. The molecule has 3 aromatic carbocycles. The van der Waals surface area contributed by atoms with Crippen molar-refractivity contribution < 1.29 is 24.2 Å². The molecule has 0 saturated carbocycles. The van der Waals surface area contributed by atoms with Gasteiger partial charge in [-0.15, -0.1) is 0 Å². The van der Waals surface area contributed by atoms with E-state index in [9.17, 15) is 14.7 Å². The number of benzene rings is 3. The van der Waals surface area contributed by atoms with E-state index >= 15 is 0 Å². The molecular formula is C32H36N2O5. The largest absolute Gasteiger partial charge is 0.507 e. The van der Waals surface area contributed by atoms with Crippen LogP contribution in [0.2, 0.25) is 0 Å². The van der Waals surface area contributed by atoms with Crippen molar-refractivity contribution in [2.75, 3.05) is 37.6 Å². The molecule has 1 amide bonds. The molecule has 1 saturated heterocycles. The van der Waals surface area contributed by atoms with Gasteiger partial charge in [0.25, 0.3) is 11.7 Å². The van der Waals surface area contributed by atoms with Gasteiger partial charge in [-0.05, 0) is 72.0 Å². The highest BCUT2D eigenvalue weighted by Crippen LogP contribution is 2.44. The number of carbonyl (C=O) groups is 2. The lowest BCUT2D eigenvalue weighted by Crippen LogP contribution is -2.29. The molecule has 7 heteroatoms. The summed E-state index contributed by atoms with van der Waals surface area (Å²) in [5, 5.41) is 11.7. The van der Waals surface area contributed by atoms with Crippen molar-refractivity contribution >= 4 is 28.8 Å². The van der Waals surface area contributed by atoms with Crippen LogP contribution >= 0.6 is 0 Å². The molecular weight excluding hydrogens is 492 g/mol. The van der Waals surface area contributed by atoms with E-state index in [1.165, 1.54) is 12.0 Å². The minimum Gasteiger partial charge on any atom is -0.507 e. The van der Waals surface area contributed by atoms with E-state index < -0.39 is 17.7 Å². The van der Waals surface area contributed by atoms with Crippen molar-refractivity contribution in [3.63, 3.8) is 0 Å². The standard InChI is InChI=1S/C32H36N2O5/c1-8-39-24-16-9-20(10-17-24)28-27(29(35)25-19-21(32(2,3)4)11-18-26(25)38-7)30(36)31(37)34(28)23-14-12-22(13-15-23)33(5)6/h9-19,28,35H,8H2,1-7H3/b29-27+. The molecule has 204 valence electrons. The SMILES string of the molecule is CCOc1ccc(C2/C(=C(\O)c3cc(C(C)(C)C)ccc3OC)C(=O)C(=O)N2c2ccc(N(C)C)cc2)cc1. The Morgan fingerprint density at radius 3 is 2.15 bits per heavy atom. The van der Waals surface area contributed by atoms with Crippen LogP contribution in [-0.2, 0) is 15.0 Å². The predicted octanol–water partition coefficient (Wildman–Crippen LogP) is 6.08. The number of anilines is 2. The molecule has 1 unspecified atom stereocenters. The van der Waals surface area contributed by atoms with Crippen LogP contribution in [0.3, 0.4) is 0 Å². The average molecular weight is 529 g/mol. The number of ketones is 1. The van der Waals surface area contributed by atoms with Gasteiger partial charge in [0.2, 0.25) is 0 Å². The van der Waals surface area contributed by atoms with Gasteiger partial charge in [0, 0.05) is 25.5 Å². The molecule has 1 N–H and O–H groups in total. The minimum absolute atomic E-state index is 0.00482. The Kier molecular flexibility index (Phi) is 7.72. The van der Waals surface area contributed by atoms with Crippen molar-refractivity contribution in [3.8, 4) is 11.5 Å². The van der Waals surface area contributed by atoms with Crippen LogP contribution in [0.5, 0.6) is 11.5 Å². The van der Waals surface area contributed by atoms with Gasteiger partial charge in [-0.3, -0.25) is 14.5 Å². The van der Waals surface area contributed by atoms with E-state index in [4.69, 9.17) is 9.47 Å². The highest BCUT2D eigenvalue weighted by atomic mass is 16.5. The highest BCUT2D eigenvalue weighted by Gasteiger charge is 2.47. The lowest BCUT2D eigenvalue weighted by molar-refractivity contribution is -0.132. The van der Waals surface area contributed by atoms with E-state index in [1.807, 2.05) is 74.4 Å². The molecule has 1 heterocycles. The average Bonchev–Trinajstić information content (AvgIpc) is 3.18. The molecule has 0 bridgehead atoms. The topological polar surface area (TPSA) is 79.3 Å². The summed E-state index contributed by atoms with van der Waals surface area (Å²) in [7, 11) is 5.37. The van der Waals surface area contributed by atoms with Gasteiger partial charge in [0.15, 0.2) is 0 Å². The number of aliphatic hydroxyl groups excluding tert-OH is 1. The fourth-order valence-electron chi connectivity index (χ4n) is 4.74. The molecule has 0 aliphatic carbocycles. The smallest absolute Gasteiger partial charge is 0.300 e. The molecule has 1 atom stereocenters. The summed E-state index contributed by atoms with van der Waals surface area (Å²) < 4.78 is 11.2. The van der Waals surface area contributed by atoms with Gasteiger partial charge < -0.3 is 19.5 Å². The monoisotopic (exact) mass is 528 g/mol. The van der Waals surface area contributed by atoms with Crippen LogP contribution in [0.25, 0.3) is 5.76 Å². The van der Waals surface area contributed by atoms with Gasteiger partial charge in [0.05, 0.1) is 30.9 Å². The number of nitrogens with zero attached hydrogens (tertiary/aromatic N) is 2. The number of ether oxygens (including phenoxy) is 2. The summed E-state index contributed by atoms with van der Waals surface area (Å²) >= 11 is 0. The van der Waals surface area contributed by atoms with E-state index in [0.717, 1.165) is 11.3 Å². The fraction of sp³-hybridized carbons (Fsp3) is 0.312. The Balaban J connectivity index is 1.95. The van der Waals surface area contributed by atoms with E-state index in [0.29, 0.717) is 34.9 Å². The second kappa shape index (κ2) is 10.8. The molecule has 7 nitrogen and oxygen atoms in total. The number of hydrogen-bond donors (Lipinski definition) is 1. The van der Waals surface area contributed by atoms with Crippen molar-refractivity contribution in [3.05, 3.63) is 89.0 Å². The molecule has 1 aliphatic rings. The normalized spacial score (nSPS) is 16.9. The van der Waals surface area contributed by atoms with Crippen molar-refractivity contribution in [2.24, 2.45) is 0 Å². The van der Waals surface area contributed by atoms with Crippen LogP contribution in [0.1, 0.15) is 50.4 Å². The second-order valence-electron chi connectivity index (χ2n) is 10.7. The molecule has 39 heavy (non-hydrogen) atoms. The number of Topliss-reactive ketones (excluding diaryl/α,β-unsaturated/α-hetero) is 1. The summed E-state index contributed by atoms with van der Waals surface area (Å²) in [5.74, 6) is -0.659. The van der Waals surface area contributed by atoms with Crippen LogP contribution in [-0.4, -0.2) is 44.6 Å². The summed E-state index contributed by atoms with van der Waals surface area (Å²) in [6, 6.07) is 19.3. The Hall–Kier alpha value is -4.26. The van der Waals surface area contributed by atoms with Gasteiger partial charge >= 0.3 is 0 Å². The predicted molar refractivity (Wildman–Crippen MR) is 155 cm³/mol. The van der Waals surface area contributed by atoms with Gasteiger partial charge in [-0.2, -0.15) is 0 Å². The van der Waals surface area contributed by atoms with Crippen LogP contribution in [0.4, 0.5) is 11.4 Å². The molecule has 1 fully saturated rings. The third kappa shape index (κ3) is 5.35. The van der Waals surface area contributed by atoms with E-state index in [1.54, 1.807) is 18.2 Å². The number of methoxy groups -OCH3 is 1. The molecule has 0 radical (unpaired) electrons. The zero-order valence-corrected chi connectivity index (χ0v) is 23.6. The lowest BCUT2D eigenvalue weighted by atomic mass is 9.85. The first-order valence-electron chi connectivity index (χ1n) is 13.0. The molecule has 4 rings (SSSR count). The van der Waals surface area contributed by atoms with Crippen molar-refractivity contribution in [1.82, 2.24) is 0 Å². The van der Waals surface area contributed by atoms with Gasteiger partial charge in [-0.1, -0.05) is 39.0 Å². The number of aliphatic hydroxyl groups is 1.